The molecule has 3 aromatic rings. The lowest BCUT2D eigenvalue weighted by Gasteiger charge is -2.24. The van der Waals surface area contributed by atoms with E-state index < -0.39 is 21.4 Å². The van der Waals surface area contributed by atoms with Gasteiger partial charge in [0.1, 0.15) is 11.4 Å². The Bertz CT molecular complexity index is 1070. The third-order valence-corrected chi connectivity index (χ3v) is 6.11. The van der Waals surface area contributed by atoms with Crippen LogP contribution in [0.15, 0.2) is 77.7 Å². The molecule has 0 aliphatic heterocycles. The first-order valence-electron chi connectivity index (χ1n) is 8.52. The van der Waals surface area contributed by atoms with E-state index in [0.29, 0.717) is 5.56 Å². The van der Waals surface area contributed by atoms with E-state index in [1.165, 1.54) is 6.92 Å². The number of halogens is 2. The van der Waals surface area contributed by atoms with Crippen molar-refractivity contribution in [3.63, 3.8) is 0 Å². The zero-order chi connectivity index (χ0) is 20.4. The van der Waals surface area contributed by atoms with E-state index >= 15 is 0 Å². The summed E-state index contributed by atoms with van der Waals surface area (Å²) in [6, 6.07) is 20.2. The van der Waals surface area contributed by atoms with Crippen LogP contribution in [0.5, 0.6) is 0 Å². The van der Waals surface area contributed by atoms with Crippen molar-refractivity contribution in [2.75, 3.05) is 6.54 Å². The zero-order valence-electron chi connectivity index (χ0n) is 15.1. The van der Waals surface area contributed by atoms with Gasteiger partial charge in [0.2, 0.25) is 10.0 Å². The first-order chi connectivity index (χ1) is 13.2. The minimum atomic E-state index is -3.95. The summed E-state index contributed by atoms with van der Waals surface area (Å²) in [5, 5.41) is 10.5. The fourth-order valence-corrected chi connectivity index (χ4v) is 4.12. The predicted octanol–water partition coefficient (Wildman–Crippen LogP) is 4.33. The Labute approximate surface area is 168 Å². The van der Waals surface area contributed by atoms with Crippen LogP contribution in [0.2, 0.25) is 5.02 Å². The average molecular weight is 420 g/mol. The summed E-state index contributed by atoms with van der Waals surface area (Å²) in [5.41, 5.74) is 1.16. The van der Waals surface area contributed by atoms with Gasteiger partial charge in [-0.3, -0.25) is 0 Å². The molecule has 7 heteroatoms. The summed E-state index contributed by atoms with van der Waals surface area (Å²) in [6.07, 6.45) is 0. The van der Waals surface area contributed by atoms with Crippen molar-refractivity contribution in [1.29, 1.82) is 0 Å². The summed E-state index contributed by atoms with van der Waals surface area (Å²) in [4.78, 5) is -0.172. The standard InChI is InChI=1S/C21H19ClFNO3S/c1-21(25,14-24-28(26,27)18-11-12-20(23)19(22)13-18)17-9-7-16(8-10-17)15-5-3-2-4-6-15/h2-13,24-25H,14H2,1H3. The van der Waals surface area contributed by atoms with Crippen LogP contribution < -0.4 is 4.72 Å². The highest BCUT2D eigenvalue weighted by atomic mass is 35.5. The molecule has 0 saturated carbocycles. The molecule has 3 aromatic carbocycles. The number of hydrogen-bond acceptors (Lipinski definition) is 3. The van der Waals surface area contributed by atoms with E-state index in [4.69, 9.17) is 11.6 Å². The van der Waals surface area contributed by atoms with Crippen LogP contribution >= 0.6 is 11.6 Å². The molecule has 0 bridgehead atoms. The van der Waals surface area contributed by atoms with Gasteiger partial charge in [-0.05, 0) is 41.8 Å². The van der Waals surface area contributed by atoms with Gasteiger partial charge in [-0.1, -0.05) is 66.2 Å². The molecule has 0 amide bonds. The lowest BCUT2D eigenvalue weighted by atomic mass is 9.94. The lowest BCUT2D eigenvalue weighted by Crippen LogP contribution is -2.38. The molecule has 3 rings (SSSR count). The van der Waals surface area contributed by atoms with E-state index in [1.807, 2.05) is 42.5 Å². The minimum absolute atomic E-state index is 0.172. The summed E-state index contributed by atoms with van der Waals surface area (Å²) >= 11 is 5.65. The molecule has 1 atom stereocenters. The zero-order valence-corrected chi connectivity index (χ0v) is 16.6. The highest BCUT2D eigenvalue weighted by Crippen LogP contribution is 2.26. The van der Waals surface area contributed by atoms with Crippen LogP contribution in [0.3, 0.4) is 0 Å². The molecule has 0 spiro atoms. The second-order valence-electron chi connectivity index (χ2n) is 6.62. The van der Waals surface area contributed by atoms with E-state index in [-0.39, 0.29) is 16.5 Å². The first-order valence-corrected chi connectivity index (χ1v) is 10.4. The van der Waals surface area contributed by atoms with Crippen molar-refractivity contribution in [3.8, 4) is 11.1 Å². The normalized spacial score (nSPS) is 13.9. The number of nitrogens with one attached hydrogen (secondary N) is 1. The van der Waals surface area contributed by atoms with Gasteiger partial charge in [0.25, 0.3) is 0 Å². The molecular formula is C21H19ClFNO3S. The maximum absolute atomic E-state index is 13.3. The quantitative estimate of drug-likeness (QED) is 0.624. The molecule has 0 aliphatic rings. The molecule has 28 heavy (non-hydrogen) atoms. The number of hydrogen-bond donors (Lipinski definition) is 2. The monoisotopic (exact) mass is 419 g/mol. The second kappa shape index (κ2) is 8.01. The van der Waals surface area contributed by atoms with Gasteiger partial charge in [0, 0.05) is 6.54 Å². The Kier molecular flexibility index (Phi) is 5.86. The van der Waals surface area contributed by atoms with E-state index in [1.54, 1.807) is 12.1 Å². The molecule has 2 N–H and O–H groups in total. The third-order valence-electron chi connectivity index (χ3n) is 4.42. The highest BCUT2D eigenvalue weighted by Gasteiger charge is 2.26. The second-order valence-corrected chi connectivity index (χ2v) is 8.79. The van der Waals surface area contributed by atoms with Gasteiger partial charge in [-0.2, -0.15) is 0 Å². The van der Waals surface area contributed by atoms with Crippen molar-refractivity contribution >= 4 is 21.6 Å². The largest absolute Gasteiger partial charge is 0.384 e. The molecule has 146 valence electrons. The van der Waals surface area contributed by atoms with E-state index in [2.05, 4.69) is 4.72 Å². The van der Waals surface area contributed by atoms with Gasteiger partial charge in [0.05, 0.1) is 9.92 Å². The fourth-order valence-electron chi connectivity index (χ4n) is 2.72. The van der Waals surface area contributed by atoms with Gasteiger partial charge in [-0.15, -0.1) is 0 Å². The summed E-state index contributed by atoms with van der Waals surface area (Å²) in [6.45, 7) is 1.26. The number of sulfonamides is 1. The number of benzene rings is 3. The predicted molar refractivity (Wildman–Crippen MR) is 108 cm³/mol. The molecular weight excluding hydrogens is 401 g/mol. The summed E-state index contributed by atoms with van der Waals surface area (Å²) < 4.78 is 40.4. The smallest absolute Gasteiger partial charge is 0.240 e. The molecule has 4 nitrogen and oxygen atoms in total. The van der Waals surface area contributed by atoms with Crippen LogP contribution in [0, 0.1) is 5.82 Å². The van der Waals surface area contributed by atoms with Crippen molar-refractivity contribution in [2.45, 2.75) is 17.4 Å². The Hall–Kier alpha value is -2.25. The number of rotatable bonds is 6. The summed E-state index contributed by atoms with van der Waals surface area (Å²) in [7, 11) is -3.95. The molecule has 0 aliphatic carbocycles. The molecule has 0 radical (unpaired) electrons. The van der Waals surface area contributed by atoms with Crippen LogP contribution in [-0.4, -0.2) is 20.1 Å². The SMILES string of the molecule is CC(O)(CNS(=O)(=O)c1ccc(F)c(Cl)c1)c1ccc(-c2ccccc2)cc1. The Morgan fingerprint density at radius 3 is 2.21 bits per heavy atom. The van der Waals surface area contributed by atoms with E-state index in [9.17, 15) is 17.9 Å². The van der Waals surface area contributed by atoms with Crippen LogP contribution in [0.1, 0.15) is 12.5 Å². The van der Waals surface area contributed by atoms with Crippen molar-refractivity contribution in [2.24, 2.45) is 0 Å². The Morgan fingerprint density at radius 2 is 1.61 bits per heavy atom. The van der Waals surface area contributed by atoms with Crippen molar-refractivity contribution < 1.29 is 17.9 Å². The van der Waals surface area contributed by atoms with Gasteiger partial charge < -0.3 is 5.11 Å². The first kappa shape index (κ1) is 20.5. The van der Waals surface area contributed by atoms with Gasteiger partial charge >= 0.3 is 0 Å². The highest BCUT2D eigenvalue weighted by molar-refractivity contribution is 7.89. The van der Waals surface area contributed by atoms with Crippen molar-refractivity contribution in [3.05, 3.63) is 89.2 Å². The van der Waals surface area contributed by atoms with Crippen molar-refractivity contribution in [1.82, 2.24) is 4.72 Å². The fraction of sp³-hybridized carbons (Fsp3) is 0.143. The molecule has 0 heterocycles. The minimum Gasteiger partial charge on any atom is -0.384 e. The average Bonchev–Trinajstić information content (AvgIpc) is 2.69. The molecule has 1 unspecified atom stereocenters. The summed E-state index contributed by atoms with van der Waals surface area (Å²) in [5.74, 6) is -0.703. The third kappa shape index (κ3) is 4.59. The van der Waals surface area contributed by atoms with Gasteiger partial charge in [-0.25, -0.2) is 17.5 Å². The molecule has 0 aromatic heterocycles. The number of aliphatic hydroxyl groups is 1. The van der Waals surface area contributed by atoms with Crippen LogP contribution in [0.25, 0.3) is 11.1 Å². The molecule has 0 fully saturated rings. The van der Waals surface area contributed by atoms with Crippen LogP contribution in [0.4, 0.5) is 4.39 Å². The van der Waals surface area contributed by atoms with E-state index in [0.717, 1.165) is 29.3 Å². The maximum atomic E-state index is 13.3. The Morgan fingerprint density at radius 1 is 1.00 bits per heavy atom. The maximum Gasteiger partial charge on any atom is 0.240 e. The Balaban J connectivity index is 1.75. The van der Waals surface area contributed by atoms with Crippen LogP contribution in [-0.2, 0) is 15.6 Å². The lowest BCUT2D eigenvalue weighted by molar-refractivity contribution is 0.0627. The van der Waals surface area contributed by atoms with Gasteiger partial charge in [0.15, 0.2) is 0 Å². The molecule has 0 saturated heterocycles. The topological polar surface area (TPSA) is 66.4 Å².